The second-order valence-corrected chi connectivity index (χ2v) is 6.43. The number of likely N-dealkylation sites (tertiary alicyclic amines) is 1. The molecule has 0 spiro atoms. The van der Waals surface area contributed by atoms with Crippen molar-refractivity contribution >= 4 is 17.3 Å². The van der Waals surface area contributed by atoms with E-state index in [9.17, 15) is 0 Å². The molecule has 0 aromatic carbocycles. The first-order valence-corrected chi connectivity index (χ1v) is 7.96. The van der Waals surface area contributed by atoms with Crippen molar-refractivity contribution in [1.82, 2.24) is 9.88 Å². The van der Waals surface area contributed by atoms with Gasteiger partial charge in [0, 0.05) is 30.9 Å². The Morgan fingerprint density at radius 2 is 1.95 bits per heavy atom. The Kier molecular flexibility index (Phi) is 5.19. The van der Waals surface area contributed by atoms with E-state index < -0.39 is 0 Å². The zero-order valence-corrected chi connectivity index (χ0v) is 12.8. The minimum Gasteiger partial charge on any atom is -0.370 e. The van der Waals surface area contributed by atoms with Gasteiger partial charge < -0.3 is 10.6 Å². The SMILES string of the molecule is Cc1nc(CCN=C(N)N2CCCCCC2)sc1C. The lowest BCUT2D eigenvalue weighted by molar-refractivity contribution is 0.428. The van der Waals surface area contributed by atoms with E-state index in [2.05, 4.69) is 28.7 Å². The van der Waals surface area contributed by atoms with Gasteiger partial charge in [-0.15, -0.1) is 11.3 Å². The van der Waals surface area contributed by atoms with E-state index in [4.69, 9.17) is 5.73 Å². The van der Waals surface area contributed by atoms with Gasteiger partial charge >= 0.3 is 0 Å². The number of hydrogen-bond donors (Lipinski definition) is 1. The Bertz CT molecular complexity index is 411. The number of aliphatic imine (C=N–C) groups is 1. The van der Waals surface area contributed by atoms with Gasteiger partial charge in [-0.25, -0.2) is 4.98 Å². The molecule has 1 aromatic rings. The number of aryl methyl sites for hydroxylation is 2. The molecule has 2 rings (SSSR count). The fourth-order valence-electron chi connectivity index (χ4n) is 2.31. The maximum absolute atomic E-state index is 6.08. The summed E-state index contributed by atoms with van der Waals surface area (Å²) in [5.41, 5.74) is 7.22. The highest BCUT2D eigenvalue weighted by Gasteiger charge is 2.10. The quantitative estimate of drug-likeness (QED) is 0.683. The summed E-state index contributed by atoms with van der Waals surface area (Å²) in [7, 11) is 0. The van der Waals surface area contributed by atoms with Crippen molar-refractivity contribution in [3.63, 3.8) is 0 Å². The molecular weight excluding hydrogens is 256 g/mol. The topological polar surface area (TPSA) is 54.5 Å². The number of hydrogen-bond acceptors (Lipinski definition) is 3. The molecule has 1 fully saturated rings. The van der Waals surface area contributed by atoms with E-state index >= 15 is 0 Å². The third kappa shape index (κ3) is 4.20. The van der Waals surface area contributed by atoms with Gasteiger partial charge in [-0.1, -0.05) is 12.8 Å². The molecule has 106 valence electrons. The largest absolute Gasteiger partial charge is 0.370 e. The molecule has 0 saturated carbocycles. The third-order valence-electron chi connectivity index (χ3n) is 3.60. The molecule has 0 atom stereocenters. The molecule has 4 nitrogen and oxygen atoms in total. The number of aromatic nitrogens is 1. The van der Waals surface area contributed by atoms with E-state index in [0.717, 1.165) is 31.7 Å². The molecule has 1 aliphatic heterocycles. The van der Waals surface area contributed by atoms with E-state index in [0.29, 0.717) is 5.96 Å². The maximum atomic E-state index is 6.08. The van der Waals surface area contributed by atoms with E-state index in [-0.39, 0.29) is 0 Å². The minimum absolute atomic E-state index is 0.715. The number of rotatable bonds is 3. The second-order valence-electron chi connectivity index (χ2n) is 5.14. The Morgan fingerprint density at radius 1 is 1.26 bits per heavy atom. The summed E-state index contributed by atoms with van der Waals surface area (Å²) >= 11 is 1.77. The first kappa shape index (κ1) is 14.3. The Morgan fingerprint density at radius 3 is 2.53 bits per heavy atom. The molecule has 0 radical (unpaired) electrons. The van der Waals surface area contributed by atoms with Gasteiger partial charge in [0.05, 0.1) is 10.7 Å². The summed E-state index contributed by atoms with van der Waals surface area (Å²) in [6.07, 6.45) is 6.01. The number of nitrogens with two attached hydrogens (primary N) is 1. The van der Waals surface area contributed by atoms with Crippen LogP contribution in [0.3, 0.4) is 0 Å². The van der Waals surface area contributed by atoms with E-state index in [1.54, 1.807) is 11.3 Å². The Balaban J connectivity index is 1.83. The summed E-state index contributed by atoms with van der Waals surface area (Å²) < 4.78 is 0. The van der Waals surface area contributed by atoms with Gasteiger partial charge in [0.1, 0.15) is 0 Å². The van der Waals surface area contributed by atoms with Gasteiger partial charge in [-0.05, 0) is 26.7 Å². The molecular formula is C14H24N4S. The fourth-order valence-corrected chi connectivity index (χ4v) is 3.23. The molecule has 19 heavy (non-hydrogen) atoms. The predicted octanol–water partition coefficient (Wildman–Crippen LogP) is 2.49. The normalized spacial score (nSPS) is 17.6. The van der Waals surface area contributed by atoms with Crippen LogP contribution in [0.25, 0.3) is 0 Å². The zero-order valence-electron chi connectivity index (χ0n) is 12.0. The molecule has 2 N–H and O–H groups in total. The second kappa shape index (κ2) is 6.89. The van der Waals surface area contributed by atoms with Gasteiger partial charge in [0.15, 0.2) is 5.96 Å². The molecule has 1 aliphatic rings. The first-order chi connectivity index (χ1) is 9.16. The lowest BCUT2D eigenvalue weighted by Crippen LogP contribution is -2.38. The maximum Gasteiger partial charge on any atom is 0.191 e. The fraction of sp³-hybridized carbons (Fsp3) is 0.714. The monoisotopic (exact) mass is 280 g/mol. The van der Waals surface area contributed by atoms with Crippen LogP contribution in [0.15, 0.2) is 4.99 Å². The smallest absolute Gasteiger partial charge is 0.191 e. The lowest BCUT2D eigenvalue weighted by Gasteiger charge is -2.20. The predicted molar refractivity (Wildman–Crippen MR) is 81.8 cm³/mol. The van der Waals surface area contributed by atoms with Crippen molar-refractivity contribution in [2.45, 2.75) is 46.0 Å². The van der Waals surface area contributed by atoms with Gasteiger partial charge in [0.2, 0.25) is 0 Å². The summed E-state index contributed by atoms with van der Waals surface area (Å²) in [4.78, 5) is 12.6. The van der Waals surface area contributed by atoms with Crippen LogP contribution in [-0.4, -0.2) is 35.5 Å². The average molecular weight is 280 g/mol. The number of nitrogens with zero attached hydrogens (tertiary/aromatic N) is 3. The molecule has 0 unspecified atom stereocenters. The summed E-state index contributed by atoms with van der Waals surface area (Å²) in [6.45, 7) is 7.04. The number of thiazole rings is 1. The number of guanidine groups is 1. The third-order valence-corrected chi connectivity index (χ3v) is 4.73. The van der Waals surface area contributed by atoms with Gasteiger partial charge in [-0.3, -0.25) is 4.99 Å². The summed E-state index contributed by atoms with van der Waals surface area (Å²) in [6, 6.07) is 0. The molecule has 1 aromatic heterocycles. The first-order valence-electron chi connectivity index (χ1n) is 7.14. The minimum atomic E-state index is 0.715. The average Bonchev–Trinajstić information content (AvgIpc) is 2.62. The van der Waals surface area contributed by atoms with Crippen LogP contribution in [-0.2, 0) is 6.42 Å². The van der Waals surface area contributed by atoms with Crippen molar-refractivity contribution in [3.05, 3.63) is 15.6 Å². The van der Waals surface area contributed by atoms with Gasteiger partial charge in [-0.2, -0.15) is 0 Å². The standard InChI is InChI=1S/C14H24N4S/c1-11-12(2)19-13(17-11)7-8-16-14(15)18-9-5-3-4-6-10-18/h3-10H2,1-2H3,(H2,15,16). The lowest BCUT2D eigenvalue weighted by atomic mass is 10.2. The van der Waals surface area contributed by atoms with Crippen LogP contribution < -0.4 is 5.73 Å². The summed E-state index contributed by atoms with van der Waals surface area (Å²) in [5, 5.41) is 1.17. The highest BCUT2D eigenvalue weighted by atomic mass is 32.1. The molecule has 1 saturated heterocycles. The Hall–Kier alpha value is -1.10. The van der Waals surface area contributed by atoms with Crippen LogP contribution in [0.4, 0.5) is 0 Å². The van der Waals surface area contributed by atoms with Crippen molar-refractivity contribution in [1.29, 1.82) is 0 Å². The molecule has 0 aliphatic carbocycles. The van der Waals surface area contributed by atoms with Crippen molar-refractivity contribution in [2.24, 2.45) is 10.7 Å². The summed E-state index contributed by atoms with van der Waals surface area (Å²) in [5.74, 6) is 0.715. The van der Waals surface area contributed by atoms with E-state index in [1.165, 1.54) is 35.6 Å². The van der Waals surface area contributed by atoms with Crippen LogP contribution in [0.5, 0.6) is 0 Å². The van der Waals surface area contributed by atoms with E-state index in [1.807, 2.05) is 0 Å². The highest BCUT2D eigenvalue weighted by molar-refractivity contribution is 7.11. The van der Waals surface area contributed by atoms with Crippen molar-refractivity contribution in [2.75, 3.05) is 19.6 Å². The molecule has 2 heterocycles. The molecule has 0 amide bonds. The van der Waals surface area contributed by atoms with Crippen LogP contribution in [0.2, 0.25) is 0 Å². The van der Waals surface area contributed by atoms with Crippen molar-refractivity contribution in [3.8, 4) is 0 Å². The van der Waals surface area contributed by atoms with Crippen LogP contribution in [0.1, 0.15) is 41.3 Å². The zero-order chi connectivity index (χ0) is 13.7. The molecule has 0 bridgehead atoms. The van der Waals surface area contributed by atoms with Crippen molar-refractivity contribution < 1.29 is 0 Å². The highest BCUT2D eigenvalue weighted by Crippen LogP contribution is 2.16. The molecule has 5 heteroatoms. The van der Waals surface area contributed by atoms with Gasteiger partial charge in [0.25, 0.3) is 0 Å². The Labute approximate surface area is 119 Å². The van der Waals surface area contributed by atoms with Crippen LogP contribution in [0, 0.1) is 13.8 Å². The van der Waals surface area contributed by atoms with Crippen LogP contribution >= 0.6 is 11.3 Å².